The van der Waals surface area contributed by atoms with E-state index in [9.17, 15) is 5.11 Å². The van der Waals surface area contributed by atoms with Gasteiger partial charge in [0.15, 0.2) is 0 Å². The van der Waals surface area contributed by atoms with Gasteiger partial charge in [-0.1, -0.05) is 31.5 Å². The summed E-state index contributed by atoms with van der Waals surface area (Å²) in [6.45, 7) is 6.28. The standard InChI is InChI=1S/C16H22N2O/c1-4-7-12-10-15(17-11-16(2,3)19)13-8-5-6-9-14(13)18-12/h5-6,8-10,19H,4,7,11H2,1-3H3,(H,17,18). The van der Waals surface area contributed by atoms with Crippen molar-refractivity contribution in [2.75, 3.05) is 11.9 Å². The molecule has 0 amide bonds. The van der Waals surface area contributed by atoms with E-state index >= 15 is 0 Å². The van der Waals surface area contributed by atoms with Crippen LogP contribution in [0.4, 0.5) is 5.69 Å². The summed E-state index contributed by atoms with van der Waals surface area (Å²) in [6, 6.07) is 10.2. The number of nitrogens with one attached hydrogen (secondary N) is 1. The predicted molar refractivity (Wildman–Crippen MR) is 80.5 cm³/mol. The highest BCUT2D eigenvalue weighted by Crippen LogP contribution is 2.24. The molecule has 102 valence electrons. The smallest absolute Gasteiger partial charge is 0.0763 e. The number of rotatable bonds is 5. The number of anilines is 1. The zero-order valence-corrected chi connectivity index (χ0v) is 11.9. The second-order valence-corrected chi connectivity index (χ2v) is 5.59. The number of pyridine rings is 1. The molecule has 1 aromatic heterocycles. The average molecular weight is 258 g/mol. The summed E-state index contributed by atoms with van der Waals surface area (Å²) in [5, 5.41) is 14.3. The lowest BCUT2D eigenvalue weighted by molar-refractivity contribution is 0.0945. The Morgan fingerprint density at radius 3 is 2.68 bits per heavy atom. The fourth-order valence-electron chi connectivity index (χ4n) is 2.07. The third-order valence-electron chi connectivity index (χ3n) is 2.99. The molecule has 0 aliphatic heterocycles. The highest BCUT2D eigenvalue weighted by molar-refractivity contribution is 5.91. The van der Waals surface area contributed by atoms with Crippen LogP contribution >= 0.6 is 0 Å². The highest BCUT2D eigenvalue weighted by Gasteiger charge is 2.13. The van der Waals surface area contributed by atoms with E-state index in [1.165, 1.54) is 0 Å². The van der Waals surface area contributed by atoms with Crippen molar-refractivity contribution in [3.63, 3.8) is 0 Å². The summed E-state index contributed by atoms with van der Waals surface area (Å²) in [5.74, 6) is 0. The van der Waals surface area contributed by atoms with Crippen LogP contribution in [0.2, 0.25) is 0 Å². The van der Waals surface area contributed by atoms with Crippen molar-refractivity contribution in [3.05, 3.63) is 36.0 Å². The quantitative estimate of drug-likeness (QED) is 0.864. The van der Waals surface area contributed by atoms with E-state index < -0.39 is 5.60 Å². The molecule has 1 aromatic carbocycles. The van der Waals surface area contributed by atoms with Crippen molar-refractivity contribution in [1.82, 2.24) is 4.98 Å². The lowest BCUT2D eigenvalue weighted by atomic mass is 10.1. The Hall–Kier alpha value is -1.61. The second-order valence-electron chi connectivity index (χ2n) is 5.59. The first-order valence-electron chi connectivity index (χ1n) is 6.84. The molecular formula is C16H22N2O. The summed E-state index contributed by atoms with van der Waals surface area (Å²) in [5.41, 5.74) is 2.43. The molecule has 0 fully saturated rings. The van der Waals surface area contributed by atoms with Crippen LogP contribution in [-0.2, 0) is 6.42 Å². The first-order chi connectivity index (χ1) is 8.99. The number of aryl methyl sites for hydroxylation is 1. The summed E-state index contributed by atoms with van der Waals surface area (Å²) < 4.78 is 0. The van der Waals surface area contributed by atoms with Crippen molar-refractivity contribution in [3.8, 4) is 0 Å². The van der Waals surface area contributed by atoms with E-state index in [2.05, 4.69) is 29.4 Å². The Balaban J connectivity index is 2.38. The summed E-state index contributed by atoms with van der Waals surface area (Å²) in [7, 11) is 0. The lowest BCUT2D eigenvalue weighted by Crippen LogP contribution is -2.29. The summed E-state index contributed by atoms with van der Waals surface area (Å²) in [6.07, 6.45) is 2.05. The Morgan fingerprint density at radius 1 is 1.26 bits per heavy atom. The number of para-hydroxylation sites is 1. The van der Waals surface area contributed by atoms with E-state index in [0.717, 1.165) is 35.1 Å². The largest absolute Gasteiger partial charge is 0.389 e. The maximum Gasteiger partial charge on any atom is 0.0763 e. The third-order valence-corrected chi connectivity index (χ3v) is 2.99. The van der Waals surface area contributed by atoms with Gasteiger partial charge in [-0.2, -0.15) is 0 Å². The fraction of sp³-hybridized carbons (Fsp3) is 0.438. The van der Waals surface area contributed by atoms with Crippen molar-refractivity contribution in [1.29, 1.82) is 0 Å². The molecular weight excluding hydrogens is 236 g/mol. The minimum Gasteiger partial charge on any atom is -0.389 e. The molecule has 0 saturated heterocycles. The number of hydrogen-bond donors (Lipinski definition) is 2. The second kappa shape index (κ2) is 5.57. The summed E-state index contributed by atoms with van der Waals surface area (Å²) >= 11 is 0. The van der Waals surface area contributed by atoms with Gasteiger partial charge in [-0.05, 0) is 32.4 Å². The number of aliphatic hydroxyl groups is 1. The van der Waals surface area contributed by atoms with Crippen LogP contribution in [0.1, 0.15) is 32.9 Å². The van der Waals surface area contributed by atoms with Crippen molar-refractivity contribution in [2.45, 2.75) is 39.2 Å². The topological polar surface area (TPSA) is 45.1 Å². The van der Waals surface area contributed by atoms with Gasteiger partial charge in [0.2, 0.25) is 0 Å². The van der Waals surface area contributed by atoms with Gasteiger partial charge in [-0.25, -0.2) is 0 Å². The molecule has 3 nitrogen and oxygen atoms in total. The minimum atomic E-state index is -0.727. The molecule has 0 radical (unpaired) electrons. The molecule has 2 aromatic rings. The van der Waals surface area contributed by atoms with Gasteiger partial charge in [0.1, 0.15) is 0 Å². The van der Waals surface area contributed by atoms with Crippen molar-refractivity contribution >= 4 is 16.6 Å². The van der Waals surface area contributed by atoms with Crippen molar-refractivity contribution < 1.29 is 5.11 Å². The molecule has 1 heterocycles. The van der Waals surface area contributed by atoms with E-state index in [-0.39, 0.29) is 0 Å². The first kappa shape index (κ1) is 13.8. The number of aromatic nitrogens is 1. The van der Waals surface area contributed by atoms with E-state index in [1.54, 1.807) is 13.8 Å². The van der Waals surface area contributed by atoms with Gasteiger partial charge in [0, 0.05) is 23.3 Å². The zero-order valence-electron chi connectivity index (χ0n) is 11.9. The third kappa shape index (κ3) is 3.67. The Labute approximate surface area is 114 Å². The van der Waals surface area contributed by atoms with Crippen LogP contribution in [0, 0.1) is 0 Å². The van der Waals surface area contributed by atoms with Gasteiger partial charge < -0.3 is 10.4 Å². The lowest BCUT2D eigenvalue weighted by Gasteiger charge is -2.20. The molecule has 0 aliphatic carbocycles. The van der Waals surface area contributed by atoms with Crippen LogP contribution in [0.15, 0.2) is 30.3 Å². The maximum atomic E-state index is 9.85. The number of hydrogen-bond acceptors (Lipinski definition) is 3. The molecule has 2 rings (SSSR count). The zero-order chi connectivity index (χ0) is 13.9. The Morgan fingerprint density at radius 2 is 2.00 bits per heavy atom. The van der Waals surface area contributed by atoms with E-state index in [1.807, 2.05) is 18.2 Å². The van der Waals surface area contributed by atoms with Gasteiger partial charge in [0.05, 0.1) is 11.1 Å². The van der Waals surface area contributed by atoms with Crippen LogP contribution in [0.3, 0.4) is 0 Å². The molecule has 19 heavy (non-hydrogen) atoms. The molecule has 0 aliphatic rings. The summed E-state index contributed by atoms with van der Waals surface area (Å²) in [4.78, 5) is 4.67. The molecule has 0 spiro atoms. The highest BCUT2D eigenvalue weighted by atomic mass is 16.3. The minimum absolute atomic E-state index is 0.520. The van der Waals surface area contributed by atoms with Crippen molar-refractivity contribution in [2.24, 2.45) is 0 Å². The first-order valence-corrected chi connectivity index (χ1v) is 6.84. The van der Waals surface area contributed by atoms with Gasteiger partial charge in [-0.15, -0.1) is 0 Å². The average Bonchev–Trinajstić information content (AvgIpc) is 2.35. The van der Waals surface area contributed by atoms with E-state index in [0.29, 0.717) is 6.54 Å². The number of benzene rings is 1. The van der Waals surface area contributed by atoms with Crippen LogP contribution in [0.5, 0.6) is 0 Å². The maximum absolute atomic E-state index is 9.85. The molecule has 3 heteroatoms. The van der Waals surface area contributed by atoms with E-state index in [4.69, 9.17) is 0 Å². The van der Waals surface area contributed by atoms with Gasteiger partial charge >= 0.3 is 0 Å². The van der Waals surface area contributed by atoms with Gasteiger partial charge in [0.25, 0.3) is 0 Å². The molecule has 0 bridgehead atoms. The number of nitrogens with zero attached hydrogens (tertiary/aromatic N) is 1. The molecule has 2 N–H and O–H groups in total. The SMILES string of the molecule is CCCc1cc(NCC(C)(C)O)c2ccccc2n1. The normalized spacial score (nSPS) is 11.8. The Bertz CT molecular complexity index is 558. The monoisotopic (exact) mass is 258 g/mol. The molecule has 0 unspecified atom stereocenters. The van der Waals surface area contributed by atoms with Crippen LogP contribution in [-0.4, -0.2) is 22.2 Å². The fourth-order valence-corrected chi connectivity index (χ4v) is 2.07. The molecule has 0 saturated carbocycles. The predicted octanol–water partition coefficient (Wildman–Crippen LogP) is 3.37. The van der Waals surface area contributed by atoms with Gasteiger partial charge in [-0.3, -0.25) is 4.98 Å². The molecule has 0 atom stereocenters. The van der Waals surface area contributed by atoms with Crippen LogP contribution < -0.4 is 5.32 Å². The van der Waals surface area contributed by atoms with Crippen LogP contribution in [0.25, 0.3) is 10.9 Å². The number of fused-ring (bicyclic) bond motifs is 1. The Kier molecular flexibility index (Phi) is 4.05.